The van der Waals surface area contributed by atoms with Crippen LogP contribution in [0.5, 0.6) is 17.2 Å². The number of rotatable bonds is 6. The van der Waals surface area contributed by atoms with E-state index in [-0.39, 0.29) is 25.7 Å². The van der Waals surface area contributed by atoms with Gasteiger partial charge in [-0.25, -0.2) is 0 Å². The average Bonchev–Trinajstić information content (AvgIpc) is 3.16. The Balaban J connectivity index is 1.41. The molecule has 1 amide bonds. The van der Waals surface area contributed by atoms with Crippen molar-refractivity contribution in [1.82, 2.24) is 10.1 Å². The van der Waals surface area contributed by atoms with Crippen molar-refractivity contribution in [3.63, 3.8) is 0 Å². The van der Waals surface area contributed by atoms with Crippen LogP contribution in [-0.4, -0.2) is 29.8 Å². The first-order valence-electron chi connectivity index (χ1n) is 8.33. The van der Waals surface area contributed by atoms with Gasteiger partial charge in [-0.2, -0.15) is 4.98 Å². The molecule has 0 bridgehead atoms. The molecule has 0 aliphatic carbocycles. The maximum absolute atomic E-state index is 12.2. The number of carbonyl (C=O) groups excluding carboxylic acids is 1. The van der Waals surface area contributed by atoms with Crippen LogP contribution < -0.4 is 19.1 Å². The number of carbonyl (C=O) groups is 1. The highest BCUT2D eigenvalue weighted by Gasteiger charge is 2.26. The van der Waals surface area contributed by atoms with Gasteiger partial charge in [0.05, 0.1) is 19.3 Å². The summed E-state index contributed by atoms with van der Waals surface area (Å²) in [4.78, 5) is 18.1. The number of amides is 1. The summed E-state index contributed by atoms with van der Waals surface area (Å²) in [5.74, 6) is 2.63. The first kappa shape index (κ1) is 16.9. The summed E-state index contributed by atoms with van der Waals surface area (Å²) in [6, 6.07) is 14.5. The van der Waals surface area contributed by atoms with Crippen molar-refractivity contribution >= 4 is 11.6 Å². The van der Waals surface area contributed by atoms with Gasteiger partial charge in [0.25, 0.3) is 11.8 Å². The lowest BCUT2D eigenvalue weighted by Gasteiger charge is -2.28. The number of hydrogen-bond acceptors (Lipinski definition) is 7. The Kier molecular flexibility index (Phi) is 4.61. The Morgan fingerprint density at radius 2 is 1.89 bits per heavy atom. The zero-order chi connectivity index (χ0) is 18.6. The van der Waals surface area contributed by atoms with E-state index in [1.54, 1.807) is 36.3 Å². The van der Waals surface area contributed by atoms with Gasteiger partial charge in [-0.05, 0) is 36.4 Å². The van der Waals surface area contributed by atoms with E-state index in [4.69, 9.17) is 18.7 Å². The summed E-state index contributed by atoms with van der Waals surface area (Å²) < 4.78 is 21.4. The highest BCUT2D eigenvalue weighted by atomic mass is 16.5. The third-order valence-corrected chi connectivity index (χ3v) is 4.04. The molecule has 27 heavy (non-hydrogen) atoms. The van der Waals surface area contributed by atoms with Crippen LogP contribution >= 0.6 is 0 Å². The van der Waals surface area contributed by atoms with Gasteiger partial charge < -0.3 is 18.7 Å². The van der Waals surface area contributed by atoms with Crippen molar-refractivity contribution in [2.24, 2.45) is 0 Å². The molecular formula is C19H17N3O5. The number of nitrogens with zero attached hydrogens (tertiary/aromatic N) is 3. The zero-order valence-corrected chi connectivity index (χ0v) is 14.6. The Morgan fingerprint density at radius 3 is 2.70 bits per heavy atom. The smallest absolute Gasteiger partial charge is 0.265 e. The van der Waals surface area contributed by atoms with E-state index in [1.807, 2.05) is 24.3 Å². The van der Waals surface area contributed by atoms with Gasteiger partial charge in [0.15, 0.2) is 19.0 Å². The number of anilines is 1. The van der Waals surface area contributed by atoms with Gasteiger partial charge >= 0.3 is 0 Å². The van der Waals surface area contributed by atoms with Crippen molar-refractivity contribution < 1.29 is 23.5 Å². The van der Waals surface area contributed by atoms with Gasteiger partial charge in [0, 0.05) is 0 Å². The summed E-state index contributed by atoms with van der Waals surface area (Å²) >= 11 is 0. The molecule has 0 atom stereocenters. The SMILES string of the molecule is COc1ccc(OCc2nc(CN3C(=O)COc4ccccc43)no2)cc1. The van der Waals surface area contributed by atoms with Crippen molar-refractivity contribution in [1.29, 1.82) is 0 Å². The van der Waals surface area contributed by atoms with Gasteiger partial charge in [0.1, 0.15) is 17.2 Å². The van der Waals surface area contributed by atoms with Crippen LogP contribution in [0, 0.1) is 0 Å². The van der Waals surface area contributed by atoms with E-state index in [0.29, 0.717) is 28.9 Å². The number of para-hydroxylation sites is 2. The monoisotopic (exact) mass is 367 g/mol. The molecule has 0 saturated heterocycles. The highest BCUT2D eigenvalue weighted by Crippen LogP contribution is 2.32. The fraction of sp³-hybridized carbons (Fsp3) is 0.211. The van der Waals surface area contributed by atoms with Crippen LogP contribution in [0.25, 0.3) is 0 Å². The topological polar surface area (TPSA) is 86.9 Å². The molecule has 0 spiro atoms. The summed E-state index contributed by atoms with van der Waals surface area (Å²) in [7, 11) is 1.60. The molecule has 0 saturated carbocycles. The van der Waals surface area contributed by atoms with Crippen molar-refractivity contribution in [3.8, 4) is 17.2 Å². The number of benzene rings is 2. The van der Waals surface area contributed by atoms with Gasteiger partial charge in [-0.1, -0.05) is 17.3 Å². The Labute approximate surface area is 155 Å². The lowest BCUT2D eigenvalue weighted by molar-refractivity contribution is -0.121. The maximum atomic E-state index is 12.2. The molecule has 0 radical (unpaired) electrons. The second-order valence-electron chi connectivity index (χ2n) is 5.80. The van der Waals surface area contributed by atoms with Gasteiger partial charge in [0.2, 0.25) is 0 Å². The minimum Gasteiger partial charge on any atom is -0.497 e. The molecule has 1 aromatic heterocycles. The minimum atomic E-state index is -0.158. The van der Waals surface area contributed by atoms with Crippen molar-refractivity contribution in [3.05, 3.63) is 60.2 Å². The van der Waals surface area contributed by atoms with Crippen molar-refractivity contribution in [2.75, 3.05) is 18.6 Å². The Bertz CT molecular complexity index is 939. The number of fused-ring (bicyclic) bond motifs is 1. The average molecular weight is 367 g/mol. The normalized spacial score (nSPS) is 13.1. The first-order valence-corrected chi connectivity index (χ1v) is 8.33. The molecule has 4 rings (SSSR count). The number of ether oxygens (including phenoxy) is 3. The molecule has 8 heteroatoms. The van der Waals surface area contributed by atoms with Crippen LogP contribution in [-0.2, 0) is 17.9 Å². The van der Waals surface area contributed by atoms with Gasteiger partial charge in [-0.3, -0.25) is 9.69 Å². The third kappa shape index (κ3) is 3.69. The maximum Gasteiger partial charge on any atom is 0.265 e. The van der Waals surface area contributed by atoms with E-state index in [9.17, 15) is 4.79 Å². The van der Waals surface area contributed by atoms with Crippen LogP contribution in [0.1, 0.15) is 11.7 Å². The molecule has 2 aromatic carbocycles. The Hall–Kier alpha value is -3.55. The molecule has 138 valence electrons. The van der Waals surface area contributed by atoms with E-state index in [2.05, 4.69) is 10.1 Å². The van der Waals surface area contributed by atoms with E-state index in [0.717, 1.165) is 5.75 Å². The quantitative estimate of drug-likeness (QED) is 0.662. The highest BCUT2D eigenvalue weighted by molar-refractivity contribution is 5.97. The predicted molar refractivity (Wildman–Crippen MR) is 94.8 cm³/mol. The van der Waals surface area contributed by atoms with Crippen LogP contribution in [0.15, 0.2) is 53.1 Å². The van der Waals surface area contributed by atoms with Crippen molar-refractivity contribution in [2.45, 2.75) is 13.2 Å². The largest absolute Gasteiger partial charge is 0.497 e. The van der Waals surface area contributed by atoms with Crippen LogP contribution in [0.4, 0.5) is 5.69 Å². The fourth-order valence-electron chi connectivity index (χ4n) is 2.70. The van der Waals surface area contributed by atoms with Crippen LogP contribution in [0.2, 0.25) is 0 Å². The summed E-state index contributed by atoms with van der Waals surface area (Å²) in [5.41, 5.74) is 0.689. The number of methoxy groups -OCH3 is 1. The molecule has 3 aromatic rings. The van der Waals surface area contributed by atoms with Gasteiger partial charge in [-0.15, -0.1) is 0 Å². The number of aromatic nitrogens is 2. The Morgan fingerprint density at radius 1 is 1.11 bits per heavy atom. The third-order valence-electron chi connectivity index (χ3n) is 4.04. The number of hydrogen-bond donors (Lipinski definition) is 0. The second kappa shape index (κ2) is 7.36. The summed E-state index contributed by atoms with van der Waals surface area (Å²) in [6.07, 6.45) is 0. The minimum absolute atomic E-state index is 0.0116. The molecular weight excluding hydrogens is 350 g/mol. The predicted octanol–water partition coefficient (Wildman–Crippen LogP) is 2.58. The molecule has 2 heterocycles. The molecule has 8 nitrogen and oxygen atoms in total. The van der Waals surface area contributed by atoms with E-state index < -0.39 is 0 Å². The lowest BCUT2D eigenvalue weighted by Crippen LogP contribution is -2.38. The molecule has 1 aliphatic heterocycles. The molecule has 1 aliphatic rings. The molecule has 0 N–H and O–H groups in total. The summed E-state index contributed by atoms with van der Waals surface area (Å²) in [5, 5.41) is 3.94. The summed E-state index contributed by atoms with van der Waals surface area (Å²) in [6.45, 7) is 0.320. The van der Waals surface area contributed by atoms with E-state index in [1.165, 1.54) is 0 Å². The lowest BCUT2D eigenvalue weighted by atomic mass is 10.2. The molecule has 0 unspecified atom stereocenters. The first-order chi connectivity index (χ1) is 13.2. The molecule has 0 fully saturated rings. The zero-order valence-electron chi connectivity index (χ0n) is 14.6. The van der Waals surface area contributed by atoms with Crippen LogP contribution in [0.3, 0.4) is 0 Å². The van der Waals surface area contributed by atoms with E-state index >= 15 is 0 Å². The second-order valence-corrected chi connectivity index (χ2v) is 5.80. The standard InChI is InChI=1S/C19H17N3O5/c1-24-13-6-8-14(9-7-13)25-11-18-20-17(21-27-18)10-22-15-4-2-3-5-16(15)26-12-19(22)23/h2-9H,10-12H2,1H3. The fourth-order valence-corrected chi connectivity index (χ4v) is 2.70.